The molecular formula is C29H32ClN5O. The van der Waals surface area contributed by atoms with Gasteiger partial charge in [-0.15, -0.1) is 0 Å². The smallest absolute Gasteiger partial charge is 0.145 e. The maximum Gasteiger partial charge on any atom is 0.145 e. The zero-order valence-corrected chi connectivity index (χ0v) is 22.0. The van der Waals surface area contributed by atoms with Crippen LogP contribution in [0.2, 0.25) is 5.02 Å². The lowest BCUT2D eigenvalue weighted by Crippen LogP contribution is -2.45. The minimum absolute atomic E-state index is 0.184. The predicted molar refractivity (Wildman–Crippen MR) is 147 cm³/mol. The molecule has 1 aliphatic heterocycles. The van der Waals surface area contributed by atoms with Crippen molar-refractivity contribution < 1.29 is 4.74 Å². The molecule has 0 spiro atoms. The van der Waals surface area contributed by atoms with E-state index < -0.39 is 0 Å². The molecule has 1 N–H and O–H groups in total. The maximum atomic E-state index is 6.44. The number of fused-ring (bicyclic) bond motifs is 1. The van der Waals surface area contributed by atoms with Gasteiger partial charge < -0.3 is 10.1 Å². The summed E-state index contributed by atoms with van der Waals surface area (Å²) >= 11 is 6.44. The van der Waals surface area contributed by atoms with Crippen LogP contribution in [-0.4, -0.2) is 45.1 Å². The Hall–Kier alpha value is -3.06. The number of ether oxygens (including phenoxy) is 1. The molecule has 1 aliphatic rings. The molecule has 4 aromatic rings. The number of morpholine rings is 1. The van der Waals surface area contributed by atoms with Crippen LogP contribution < -0.4 is 5.32 Å². The molecule has 2 aromatic carbocycles. The van der Waals surface area contributed by atoms with Gasteiger partial charge in [0.15, 0.2) is 0 Å². The van der Waals surface area contributed by atoms with Crippen molar-refractivity contribution in [2.24, 2.45) is 0 Å². The third-order valence-electron chi connectivity index (χ3n) is 6.48. The SMILES string of the molecule is CC1CN(Cc2nc(Nc3ccc(C(C)C)cc3)c3ccc(-c4ncccc4Cl)cc3n2)CC(C)O1. The molecule has 0 saturated carbocycles. The molecule has 7 heteroatoms. The summed E-state index contributed by atoms with van der Waals surface area (Å²) in [6.07, 6.45) is 2.12. The van der Waals surface area contributed by atoms with E-state index in [9.17, 15) is 0 Å². The molecule has 186 valence electrons. The van der Waals surface area contributed by atoms with Crippen molar-refractivity contribution >= 4 is 34.0 Å². The molecule has 0 amide bonds. The zero-order chi connectivity index (χ0) is 25.2. The Morgan fingerprint density at radius 3 is 2.47 bits per heavy atom. The normalized spacial score (nSPS) is 18.6. The van der Waals surface area contributed by atoms with Crippen molar-refractivity contribution in [2.75, 3.05) is 18.4 Å². The van der Waals surface area contributed by atoms with Gasteiger partial charge in [-0.25, -0.2) is 9.97 Å². The summed E-state index contributed by atoms with van der Waals surface area (Å²) in [7, 11) is 0. The number of nitrogens with zero attached hydrogens (tertiary/aromatic N) is 4. The highest BCUT2D eigenvalue weighted by Gasteiger charge is 2.23. The maximum absolute atomic E-state index is 6.44. The highest BCUT2D eigenvalue weighted by Crippen LogP contribution is 2.31. The van der Waals surface area contributed by atoms with Crippen LogP contribution >= 0.6 is 11.6 Å². The summed E-state index contributed by atoms with van der Waals surface area (Å²) in [5, 5.41) is 5.11. The van der Waals surface area contributed by atoms with E-state index in [4.69, 9.17) is 26.3 Å². The Morgan fingerprint density at radius 2 is 1.78 bits per heavy atom. The van der Waals surface area contributed by atoms with Crippen molar-refractivity contribution in [2.45, 2.75) is 52.4 Å². The average Bonchev–Trinajstić information content (AvgIpc) is 2.84. The molecule has 36 heavy (non-hydrogen) atoms. The van der Waals surface area contributed by atoms with Crippen LogP contribution in [0.3, 0.4) is 0 Å². The third kappa shape index (κ3) is 5.51. The molecule has 2 aromatic heterocycles. The predicted octanol–water partition coefficient (Wildman–Crippen LogP) is 6.82. The monoisotopic (exact) mass is 501 g/mol. The van der Waals surface area contributed by atoms with Gasteiger partial charge in [-0.2, -0.15) is 0 Å². The highest BCUT2D eigenvalue weighted by atomic mass is 35.5. The topological polar surface area (TPSA) is 63.2 Å². The fraction of sp³-hybridized carbons (Fsp3) is 0.345. The first kappa shape index (κ1) is 24.6. The van der Waals surface area contributed by atoms with Crippen LogP contribution in [0, 0.1) is 0 Å². The highest BCUT2D eigenvalue weighted by molar-refractivity contribution is 6.33. The number of nitrogens with one attached hydrogen (secondary N) is 1. The number of rotatable bonds is 6. The molecule has 0 radical (unpaired) electrons. The van der Waals surface area contributed by atoms with Gasteiger partial charge in [0.25, 0.3) is 0 Å². The summed E-state index contributed by atoms with van der Waals surface area (Å²) in [6, 6.07) is 18.3. The first-order valence-corrected chi connectivity index (χ1v) is 12.9. The van der Waals surface area contributed by atoms with Crippen molar-refractivity contribution in [1.29, 1.82) is 0 Å². The minimum Gasteiger partial charge on any atom is -0.373 e. The fourth-order valence-electron chi connectivity index (χ4n) is 4.79. The fourth-order valence-corrected chi connectivity index (χ4v) is 5.02. The van der Waals surface area contributed by atoms with Crippen molar-refractivity contribution in [1.82, 2.24) is 19.9 Å². The van der Waals surface area contributed by atoms with E-state index in [1.54, 1.807) is 6.20 Å². The van der Waals surface area contributed by atoms with Gasteiger partial charge in [0.2, 0.25) is 0 Å². The van der Waals surface area contributed by atoms with Crippen molar-refractivity contribution in [3.05, 3.63) is 77.2 Å². The summed E-state index contributed by atoms with van der Waals surface area (Å²) < 4.78 is 5.92. The van der Waals surface area contributed by atoms with E-state index in [0.717, 1.165) is 52.6 Å². The number of hydrogen-bond donors (Lipinski definition) is 1. The lowest BCUT2D eigenvalue weighted by Gasteiger charge is -2.34. The van der Waals surface area contributed by atoms with Crippen LogP contribution in [0.5, 0.6) is 0 Å². The number of anilines is 2. The van der Waals surface area contributed by atoms with Gasteiger partial charge in [-0.3, -0.25) is 9.88 Å². The average molecular weight is 502 g/mol. The lowest BCUT2D eigenvalue weighted by molar-refractivity contribution is -0.0710. The summed E-state index contributed by atoms with van der Waals surface area (Å²) in [5.74, 6) is 2.05. The number of benzene rings is 2. The Labute approximate surface area is 217 Å². The Kier molecular flexibility index (Phi) is 7.19. The van der Waals surface area contributed by atoms with Gasteiger partial charge >= 0.3 is 0 Å². The van der Waals surface area contributed by atoms with Crippen LogP contribution in [0.15, 0.2) is 60.8 Å². The van der Waals surface area contributed by atoms with E-state index in [-0.39, 0.29) is 12.2 Å². The Morgan fingerprint density at radius 1 is 1.03 bits per heavy atom. The van der Waals surface area contributed by atoms with Crippen LogP contribution in [0.4, 0.5) is 11.5 Å². The second-order valence-corrected chi connectivity index (χ2v) is 10.3. The second kappa shape index (κ2) is 10.5. The number of pyridine rings is 1. The lowest BCUT2D eigenvalue weighted by atomic mass is 10.0. The standard InChI is InChI=1S/C29H32ClN5O/c1-18(2)21-7-10-23(11-8-21)32-29-24-12-9-22(28-25(30)6-5-13-31-28)14-26(24)33-27(34-29)17-35-15-19(3)36-20(4)16-35/h5-14,18-20H,15-17H2,1-4H3,(H,32,33,34). The van der Waals surface area contributed by atoms with Crippen LogP contribution in [0.25, 0.3) is 22.2 Å². The van der Waals surface area contributed by atoms with Gasteiger partial charge in [-0.05, 0) is 61.7 Å². The Balaban J connectivity index is 1.54. The van der Waals surface area contributed by atoms with E-state index in [2.05, 4.69) is 67.2 Å². The molecule has 3 heterocycles. The molecule has 6 nitrogen and oxygen atoms in total. The van der Waals surface area contributed by atoms with E-state index in [1.165, 1.54) is 5.56 Å². The summed E-state index contributed by atoms with van der Waals surface area (Å²) in [5.41, 5.74) is 4.83. The zero-order valence-electron chi connectivity index (χ0n) is 21.2. The van der Waals surface area contributed by atoms with E-state index in [0.29, 0.717) is 17.5 Å². The molecule has 5 rings (SSSR count). The Bertz CT molecular complexity index is 1350. The van der Waals surface area contributed by atoms with Gasteiger partial charge in [-0.1, -0.05) is 43.6 Å². The van der Waals surface area contributed by atoms with E-state index >= 15 is 0 Å². The molecular weight excluding hydrogens is 470 g/mol. The molecule has 0 bridgehead atoms. The number of aromatic nitrogens is 3. The first-order chi connectivity index (χ1) is 17.4. The van der Waals surface area contributed by atoms with Gasteiger partial charge in [0.1, 0.15) is 11.6 Å². The molecule has 0 aliphatic carbocycles. The van der Waals surface area contributed by atoms with Crippen molar-refractivity contribution in [3.63, 3.8) is 0 Å². The largest absolute Gasteiger partial charge is 0.373 e. The molecule has 2 unspecified atom stereocenters. The summed E-state index contributed by atoms with van der Waals surface area (Å²) in [4.78, 5) is 16.8. The second-order valence-electron chi connectivity index (χ2n) is 9.91. The van der Waals surface area contributed by atoms with Crippen molar-refractivity contribution in [3.8, 4) is 11.3 Å². The third-order valence-corrected chi connectivity index (χ3v) is 6.78. The first-order valence-electron chi connectivity index (χ1n) is 12.5. The molecule has 2 atom stereocenters. The van der Waals surface area contributed by atoms with Crippen LogP contribution in [0.1, 0.15) is 45.0 Å². The van der Waals surface area contributed by atoms with Crippen LogP contribution in [-0.2, 0) is 11.3 Å². The molecule has 1 fully saturated rings. The van der Waals surface area contributed by atoms with E-state index in [1.807, 2.05) is 30.3 Å². The number of halogens is 1. The van der Waals surface area contributed by atoms with Gasteiger partial charge in [0.05, 0.1) is 35.0 Å². The quantitative estimate of drug-likeness (QED) is 0.312. The summed E-state index contributed by atoms with van der Waals surface area (Å²) in [6.45, 7) is 11.0. The van der Waals surface area contributed by atoms with Gasteiger partial charge in [0, 0.05) is 35.9 Å². The molecule has 1 saturated heterocycles. The minimum atomic E-state index is 0.184. The number of hydrogen-bond acceptors (Lipinski definition) is 6.